The molecule has 5 nitrogen and oxygen atoms in total. The van der Waals surface area contributed by atoms with E-state index < -0.39 is 16.3 Å². The molecule has 1 aromatic carbocycles. The van der Waals surface area contributed by atoms with Crippen molar-refractivity contribution in [1.29, 1.82) is 0 Å². The van der Waals surface area contributed by atoms with E-state index in [1.807, 2.05) is 37.3 Å². The number of nitrogens with zero attached hydrogens (tertiary/aromatic N) is 1. The lowest BCUT2D eigenvalue weighted by Crippen LogP contribution is -2.46. The van der Waals surface area contributed by atoms with Gasteiger partial charge in [-0.15, -0.1) is 0 Å². The molecule has 0 spiro atoms. The zero-order valence-electron chi connectivity index (χ0n) is 13.5. The van der Waals surface area contributed by atoms with E-state index in [1.54, 1.807) is 0 Å². The zero-order valence-corrected chi connectivity index (χ0v) is 14.3. The lowest BCUT2D eigenvalue weighted by atomic mass is 9.86. The van der Waals surface area contributed by atoms with E-state index in [0.29, 0.717) is 12.8 Å². The molecule has 1 saturated heterocycles. The maximum Gasteiger partial charge on any atom is 0.213 e. The molecular formula is C17H23NO4S. The molecule has 126 valence electrons. The predicted octanol–water partition coefficient (Wildman–Crippen LogP) is 2.49. The maximum atomic E-state index is 12.3. The molecule has 0 N–H and O–H groups in total. The fraction of sp³-hybridized carbons (Fsp3) is 0.588. The number of sulfonamides is 1. The Morgan fingerprint density at radius 3 is 2.48 bits per heavy atom. The van der Waals surface area contributed by atoms with Crippen LogP contribution in [-0.4, -0.2) is 37.0 Å². The first-order valence-electron chi connectivity index (χ1n) is 8.11. The largest absolute Gasteiger partial charge is 0.352 e. The Labute approximate surface area is 137 Å². The van der Waals surface area contributed by atoms with Crippen LogP contribution in [0, 0.1) is 5.92 Å². The molecule has 23 heavy (non-hydrogen) atoms. The van der Waals surface area contributed by atoms with Crippen LogP contribution in [0.25, 0.3) is 0 Å². The van der Waals surface area contributed by atoms with Crippen LogP contribution in [0.15, 0.2) is 30.3 Å². The Hall–Kier alpha value is -1.24. The van der Waals surface area contributed by atoms with Crippen molar-refractivity contribution in [3.8, 4) is 0 Å². The van der Waals surface area contributed by atoms with Crippen LogP contribution < -0.4 is 0 Å². The molecule has 3 rings (SSSR count). The van der Waals surface area contributed by atoms with Crippen molar-refractivity contribution in [2.45, 2.75) is 51.0 Å². The summed E-state index contributed by atoms with van der Waals surface area (Å²) in [6, 6.07) is 9.29. The van der Waals surface area contributed by atoms with Crippen molar-refractivity contribution in [1.82, 2.24) is 4.31 Å². The van der Waals surface area contributed by atoms with Gasteiger partial charge in [0.25, 0.3) is 0 Å². The van der Waals surface area contributed by atoms with Gasteiger partial charge in [0.1, 0.15) is 18.1 Å². The number of Topliss-reactive ketones (excluding diaryl/α,β-unsaturated/α-hetero) is 1. The lowest BCUT2D eigenvalue weighted by molar-refractivity contribution is -0.132. The molecule has 1 saturated carbocycles. The normalized spacial score (nSPS) is 33.0. The van der Waals surface area contributed by atoms with Gasteiger partial charge in [-0.05, 0) is 25.3 Å². The number of hydrogen-bond donors (Lipinski definition) is 0. The lowest BCUT2D eigenvalue weighted by Gasteiger charge is -2.31. The Morgan fingerprint density at radius 1 is 1.17 bits per heavy atom. The van der Waals surface area contributed by atoms with Gasteiger partial charge in [-0.2, -0.15) is 4.31 Å². The van der Waals surface area contributed by atoms with Crippen LogP contribution in [0.4, 0.5) is 0 Å². The summed E-state index contributed by atoms with van der Waals surface area (Å²) in [6.07, 6.45) is 3.22. The van der Waals surface area contributed by atoms with Crippen LogP contribution in [0.2, 0.25) is 0 Å². The van der Waals surface area contributed by atoms with Crippen molar-refractivity contribution in [3.63, 3.8) is 0 Å². The van der Waals surface area contributed by atoms with E-state index in [2.05, 4.69) is 0 Å². The second kappa shape index (κ2) is 6.34. The summed E-state index contributed by atoms with van der Waals surface area (Å²) in [6.45, 7) is 1.85. The van der Waals surface area contributed by atoms with Crippen LogP contribution in [0.3, 0.4) is 0 Å². The molecule has 2 aliphatic rings. The summed E-state index contributed by atoms with van der Waals surface area (Å²) in [7, 11) is -3.46. The topological polar surface area (TPSA) is 63.7 Å². The average Bonchev–Trinajstić information content (AvgIpc) is 2.86. The highest BCUT2D eigenvalue weighted by molar-refractivity contribution is 7.88. The number of ketones is 1. The molecular weight excluding hydrogens is 314 g/mol. The molecule has 0 bridgehead atoms. The third-order valence-corrected chi connectivity index (χ3v) is 6.14. The highest BCUT2D eigenvalue weighted by Crippen LogP contribution is 2.41. The highest BCUT2D eigenvalue weighted by atomic mass is 32.2. The van der Waals surface area contributed by atoms with Crippen molar-refractivity contribution in [2.75, 3.05) is 6.26 Å². The number of benzene rings is 1. The average molecular weight is 337 g/mol. The van der Waals surface area contributed by atoms with Gasteiger partial charge in [-0.25, -0.2) is 8.42 Å². The van der Waals surface area contributed by atoms with E-state index in [4.69, 9.17) is 4.74 Å². The van der Waals surface area contributed by atoms with Gasteiger partial charge in [-0.1, -0.05) is 36.8 Å². The standard InChI is InChI=1S/C17H23NO4S/c1-12-16(13-8-4-3-5-9-13)22-17(18(12)23(2,20)21)14-10-6-7-11-15(14)19/h3-5,8-9,12,14,16-17H,6-7,10-11H2,1-2H3/t12-,14-,16-,17-/m0/s1. The fourth-order valence-electron chi connectivity index (χ4n) is 3.76. The van der Waals surface area contributed by atoms with Gasteiger partial charge in [0.05, 0.1) is 18.2 Å². The minimum Gasteiger partial charge on any atom is -0.352 e. The van der Waals surface area contributed by atoms with Gasteiger partial charge in [0.15, 0.2) is 0 Å². The molecule has 0 unspecified atom stereocenters. The van der Waals surface area contributed by atoms with Crippen LogP contribution in [0.1, 0.15) is 44.3 Å². The molecule has 0 amide bonds. The molecule has 1 aliphatic heterocycles. The molecule has 2 fully saturated rings. The first-order valence-corrected chi connectivity index (χ1v) is 9.96. The Morgan fingerprint density at radius 2 is 1.87 bits per heavy atom. The maximum absolute atomic E-state index is 12.3. The number of carbonyl (C=O) groups excluding carboxylic acids is 1. The number of ether oxygens (including phenoxy) is 1. The van der Waals surface area contributed by atoms with E-state index in [0.717, 1.165) is 18.4 Å². The number of rotatable bonds is 3. The van der Waals surface area contributed by atoms with Gasteiger partial charge >= 0.3 is 0 Å². The SMILES string of the molecule is C[C@H]1[C@@H](c2ccccc2)O[C@@H]([C@H]2CCCCC2=O)N1S(C)(=O)=O. The van der Waals surface area contributed by atoms with Crippen molar-refractivity contribution >= 4 is 15.8 Å². The first-order chi connectivity index (χ1) is 10.9. The molecule has 1 heterocycles. The van der Waals surface area contributed by atoms with Gasteiger partial charge < -0.3 is 4.74 Å². The van der Waals surface area contributed by atoms with Gasteiger partial charge in [0.2, 0.25) is 10.0 Å². The van der Waals surface area contributed by atoms with Crippen LogP contribution in [-0.2, 0) is 19.6 Å². The molecule has 0 radical (unpaired) electrons. The monoisotopic (exact) mass is 337 g/mol. The highest BCUT2D eigenvalue weighted by Gasteiger charge is 2.50. The second-order valence-corrected chi connectivity index (χ2v) is 8.40. The summed E-state index contributed by atoms with van der Waals surface area (Å²) >= 11 is 0. The summed E-state index contributed by atoms with van der Waals surface area (Å²) in [5, 5.41) is 0. The van der Waals surface area contributed by atoms with Crippen molar-refractivity contribution in [3.05, 3.63) is 35.9 Å². The van der Waals surface area contributed by atoms with Crippen LogP contribution >= 0.6 is 0 Å². The summed E-state index contributed by atoms with van der Waals surface area (Å²) in [5.41, 5.74) is 0.944. The minimum atomic E-state index is -3.46. The Balaban J connectivity index is 1.95. The zero-order chi connectivity index (χ0) is 16.6. The number of carbonyl (C=O) groups is 1. The molecule has 1 aromatic rings. The van der Waals surface area contributed by atoms with E-state index >= 15 is 0 Å². The van der Waals surface area contributed by atoms with Gasteiger partial charge in [0, 0.05) is 6.42 Å². The smallest absolute Gasteiger partial charge is 0.213 e. The molecule has 6 heteroatoms. The fourth-order valence-corrected chi connectivity index (χ4v) is 5.05. The van der Waals surface area contributed by atoms with Crippen LogP contribution in [0.5, 0.6) is 0 Å². The Bertz CT molecular complexity index is 673. The number of hydrogen-bond acceptors (Lipinski definition) is 4. The van der Waals surface area contributed by atoms with Gasteiger partial charge in [-0.3, -0.25) is 4.79 Å². The van der Waals surface area contributed by atoms with Crippen molar-refractivity contribution < 1.29 is 17.9 Å². The van der Waals surface area contributed by atoms with E-state index in [-0.39, 0.29) is 23.8 Å². The van der Waals surface area contributed by atoms with Crippen molar-refractivity contribution in [2.24, 2.45) is 5.92 Å². The molecule has 0 aromatic heterocycles. The predicted molar refractivity (Wildman–Crippen MR) is 87.2 cm³/mol. The minimum absolute atomic E-state index is 0.121. The first kappa shape index (κ1) is 16.6. The van der Waals surface area contributed by atoms with E-state index in [1.165, 1.54) is 10.6 Å². The second-order valence-electron chi connectivity index (χ2n) is 6.51. The summed E-state index contributed by atoms with van der Waals surface area (Å²) in [4.78, 5) is 12.3. The third kappa shape index (κ3) is 3.20. The molecule has 1 aliphatic carbocycles. The Kier molecular flexibility index (Phi) is 4.58. The quantitative estimate of drug-likeness (QED) is 0.850. The molecule has 4 atom stereocenters. The summed E-state index contributed by atoms with van der Waals surface area (Å²) < 4.78 is 32.2. The van der Waals surface area contributed by atoms with E-state index in [9.17, 15) is 13.2 Å². The third-order valence-electron chi connectivity index (χ3n) is 4.83. The summed E-state index contributed by atoms with van der Waals surface area (Å²) in [5.74, 6) is -0.231.